The highest BCUT2D eigenvalue weighted by atomic mass is 16.1. The monoisotopic (exact) mass is 207 g/mol. The lowest BCUT2D eigenvalue weighted by molar-refractivity contribution is -0.120. The maximum Gasteiger partial charge on any atom is 0.154 e. The minimum atomic E-state index is -0.488. The summed E-state index contributed by atoms with van der Waals surface area (Å²) in [6.45, 7) is 0. The van der Waals surface area contributed by atoms with Crippen LogP contribution < -0.4 is 5.73 Å². The van der Waals surface area contributed by atoms with Crippen LogP contribution >= 0.6 is 0 Å². The van der Waals surface area contributed by atoms with Crippen LogP contribution in [0.2, 0.25) is 0 Å². The number of carbonyl (C=O) groups is 1. The molecule has 1 aliphatic carbocycles. The van der Waals surface area contributed by atoms with Gasteiger partial charge in [-0.25, -0.2) is 0 Å². The number of Topliss-reactive ketones (excluding diaryl/α,β-unsaturated/α-hetero) is 1. The smallest absolute Gasteiger partial charge is 0.154 e. The van der Waals surface area contributed by atoms with Crippen molar-refractivity contribution < 1.29 is 4.79 Å². The summed E-state index contributed by atoms with van der Waals surface area (Å²) in [6.07, 6.45) is 7.66. The molecule has 0 saturated heterocycles. The van der Waals surface area contributed by atoms with E-state index in [-0.39, 0.29) is 5.78 Å². The van der Waals surface area contributed by atoms with E-state index in [0.29, 0.717) is 6.42 Å². The lowest BCUT2D eigenvalue weighted by Crippen LogP contribution is -2.20. The summed E-state index contributed by atoms with van der Waals surface area (Å²) in [5, 5.41) is 4.01. The highest BCUT2D eigenvalue weighted by molar-refractivity contribution is 5.84. The van der Waals surface area contributed by atoms with E-state index in [1.807, 2.05) is 7.05 Å². The predicted molar refractivity (Wildman–Crippen MR) is 57.1 cm³/mol. The lowest BCUT2D eigenvalue weighted by atomic mass is 10.0. The minimum Gasteiger partial charge on any atom is -0.318 e. The molecule has 0 aromatic carbocycles. The van der Waals surface area contributed by atoms with Crippen molar-refractivity contribution in [2.75, 3.05) is 0 Å². The zero-order valence-corrected chi connectivity index (χ0v) is 9.02. The number of nitrogens with two attached hydrogens (primary N) is 1. The van der Waals surface area contributed by atoms with Crippen molar-refractivity contribution in [1.29, 1.82) is 0 Å². The zero-order valence-electron chi connectivity index (χ0n) is 9.02. The lowest BCUT2D eigenvalue weighted by Gasteiger charge is -2.07. The van der Waals surface area contributed by atoms with Crippen molar-refractivity contribution in [3.8, 4) is 0 Å². The van der Waals surface area contributed by atoms with Gasteiger partial charge in [-0.1, -0.05) is 12.8 Å². The normalized spacial score (nSPS) is 17.7. The first-order valence-electron chi connectivity index (χ1n) is 5.43. The number of ketones is 1. The molecule has 1 aliphatic rings. The SMILES string of the molecule is Cn1cc(C(N)C(=O)CCC2CC2)cn1. The van der Waals surface area contributed by atoms with E-state index in [0.717, 1.165) is 17.9 Å². The molecule has 0 radical (unpaired) electrons. The van der Waals surface area contributed by atoms with Gasteiger partial charge in [0, 0.05) is 25.2 Å². The van der Waals surface area contributed by atoms with Crippen LogP contribution in [0.4, 0.5) is 0 Å². The van der Waals surface area contributed by atoms with Crippen LogP contribution in [-0.4, -0.2) is 15.6 Å². The van der Waals surface area contributed by atoms with Gasteiger partial charge in [-0.2, -0.15) is 5.10 Å². The van der Waals surface area contributed by atoms with Gasteiger partial charge in [-0.05, 0) is 12.3 Å². The summed E-state index contributed by atoms with van der Waals surface area (Å²) in [5.41, 5.74) is 6.67. The molecule has 1 saturated carbocycles. The van der Waals surface area contributed by atoms with Crippen molar-refractivity contribution >= 4 is 5.78 Å². The summed E-state index contributed by atoms with van der Waals surface area (Å²) in [5.74, 6) is 0.921. The molecule has 1 aromatic rings. The molecule has 1 fully saturated rings. The predicted octanol–water partition coefficient (Wildman–Crippen LogP) is 1.18. The molecule has 0 spiro atoms. The Morgan fingerprint density at radius 2 is 2.47 bits per heavy atom. The third-order valence-corrected chi connectivity index (χ3v) is 2.93. The Morgan fingerprint density at radius 1 is 1.73 bits per heavy atom. The molecule has 82 valence electrons. The van der Waals surface area contributed by atoms with Gasteiger partial charge >= 0.3 is 0 Å². The number of carbonyl (C=O) groups excluding carboxylic acids is 1. The highest BCUT2D eigenvalue weighted by Gasteiger charge is 2.24. The minimum absolute atomic E-state index is 0.134. The van der Waals surface area contributed by atoms with Crippen LogP contribution in [-0.2, 0) is 11.8 Å². The molecule has 1 aromatic heterocycles. The largest absolute Gasteiger partial charge is 0.318 e. The second-order valence-corrected chi connectivity index (χ2v) is 4.37. The third-order valence-electron chi connectivity index (χ3n) is 2.93. The molecule has 15 heavy (non-hydrogen) atoms. The molecule has 0 bridgehead atoms. The van der Waals surface area contributed by atoms with E-state index in [2.05, 4.69) is 5.10 Å². The van der Waals surface area contributed by atoms with E-state index < -0.39 is 6.04 Å². The van der Waals surface area contributed by atoms with Crippen molar-refractivity contribution in [3.63, 3.8) is 0 Å². The van der Waals surface area contributed by atoms with Gasteiger partial charge in [0.1, 0.15) is 0 Å². The molecule has 4 heteroatoms. The van der Waals surface area contributed by atoms with Crippen LogP contribution in [0.1, 0.15) is 37.3 Å². The third kappa shape index (κ3) is 2.65. The summed E-state index contributed by atoms with van der Waals surface area (Å²) >= 11 is 0. The molecule has 2 N–H and O–H groups in total. The topological polar surface area (TPSA) is 60.9 Å². The maximum absolute atomic E-state index is 11.7. The van der Waals surface area contributed by atoms with E-state index in [9.17, 15) is 4.79 Å². The number of rotatable bonds is 5. The summed E-state index contributed by atoms with van der Waals surface area (Å²) < 4.78 is 1.67. The Hall–Kier alpha value is -1.16. The van der Waals surface area contributed by atoms with Crippen molar-refractivity contribution in [3.05, 3.63) is 18.0 Å². The average molecular weight is 207 g/mol. The van der Waals surface area contributed by atoms with Gasteiger partial charge in [0.2, 0.25) is 0 Å². The van der Waals surface area contributed by atoms with Crippen LogP contribution in [0.15, 0.2) is 12.4 Å². The van der Waals surface area contributed by atoms with E-state index in [1.54, 1.807) is 17.1 Å². The van der Waals surface area contributed by atoms with Crippen LogP contribution in [0.25, 0.3) is 0 Å². The summed E-state index contributed by atoms with van der Waals surface area (Å²) in [6, 6.07) is -0.488. The number of nitrogens with zero attached hydrogens (tertiary/aromatic N) is 2. The number of hydrogen-bond acceptors (Lipinski definition) is 3. The molecule has 0 amide bonds. The molecule has 1 heterocycles. The molecular weight excluding hydrogens is 190 g/mol. The first kappa shape index (κ1) is 10.4. The fourth-order valence-electron chi connectivity index (χ4n) is 1.70. The molecule has 1 unspecified atom stereocenters. The summed E-state index contributed by atoms with van der Waals surface area (Å²) in [7, 11) is 1.82. The van der Waals surface area contributed by atoms with Gasteiger partial charge < -0.3 is 5.73 Å². The average Bonchev–Trinajstić information content (AvgIpc) is 2.95. The van der Waals surface area contributed by atoms with Crippen molar-refractivity contribution in [2.24, 2.45) is 18.7 Å². The van der Waals surface area contributed by atoms with Crippen LogP contribution in [0.3, 0.4) is 0 Å². The summed E-state index contributed by atoms with van der Waals surface area (Å²) in [4.78, 5) is 11.7. The second-order valence-electron chi connectivity index (χ2n) is 4.37. The fraction of sp³-hybridized carbons (Fsp3) is 0.636. The van der Waals surface area contributed by atoms with Gasteiger partial charge in [-0.15, -0.1) is 0 Å². The van der Waals surface area contributed by atoms with E-state index in [4.69, 9.17) is 5.73 Å². The van der Waals surface area contributed by atoms with E-state index in [1.165, 1.54) is 12.8 Å². The zero-order chi connectivity index (χ0) is 10.8. The fourth-order valence-corrected chi connectivity index (χ4v) is 1.70. The van der Waals surface area contributed by atoms with Crippen molar-refractivity contribution in [1.82, 2.24) is 9.78 Å². The molecule has 2 rings (SSSR count). The Bertz CT molecular complexity index is 354. The second kappa shape index (κ2) is 4.14. The van der Waals surface area contributed by atoms with Crippen molar-refractivity contribution in [2.45, 2.75) is 31.7 Å². The molecule has 1 atom stereocenters. The number of hydrogen-bond donors (Lipinski definition) is 1. The standard InChI is InChI=1S/C11H17N3O/c1-14-7-9(6-13-14)11(12)10(15)5-4-8-2-3-8/h6-8,11H,2-5,12H2,1H3. The van der Waals surface area contributed by atoms with Gasteiger partial charge in [0.25, 0.3) is 0 Å². The molecular formula is C11H17N3O. The van der Waals surface area contributed by atoms with Gasteiger partial charge in [0.15, 0.2) is 5.78 Å². The van der Waals surface area contributed by atoms with Crippen LogP contribution in [0, 0.1) is 5.92 Å². The maximum atomic E-state index is 11.7. The first-order chi connectivity index (χ1) is 7.16. The first-order valence-corrected chi connectivity index (χ1v) is 5.43. The Balaban J connectivity index is 1.88. The number of aryl methyl sites for hydroxylation is 1. The Kier molecular flexibility index (Phi) is 2.86. The van der Waals surface area contributed by atoms with Crippen LogP contribution in [0.5, 0.6) is 0 Å². The van der Waals surface area contributed by atoms with Gasteiger partial charge in [0.05, 0.1) is 12.2 Å². The Labute approximate surface area is 89.5 Å². The Morgan fingerprint density at radius 3 is 3.00 bits per heavy atom. The molecule has 4 nitrogen and oxygen atoms in total. The quantitative estimate of drug-likeness (QED) is 0.788. The molecule has 0 aliphatic heterocycles. The van der Waals surface area contributed by atoms with Gasteiger partial charge in [-0.3, -0.25) is 9.48 Å². The van der Waals surface area contributed by atoms with E-state index >= 15 is 0 Å². The highest BCUT2D eigenvalue weighted by Crippen LogP contribution is 2.34. The number of aromatic nitrogens is 2.